The van der Waals surface area contributed by atoms with Crippen LogP contribution in [0.15, 0.2) is 79.1 Å². The van der Waals surface area contributed by atoms with Crippen molar-refractivity contribution in [2.75, 3.05) is 18.2 Å². The van der Waals surface area contributed by atoms with Crippen molar-refractivity contribution in [2.24, 2.45) is 19.8 Å². The number of nitrogens with two attached hydrogens (primary N) is 1. The number of ether oxygens (including phenoxy) is 2. The topological polar surface area (TPSA) is 128 Å². The fraction of sp³-hybridized carbons (Fsp3) is 0.229. The molecule has 234 valence electrons. The molecule has 0 radical (unpaired) electrons. The molecule has 2 aliphatic rings. The first-order chi connectivity index (χ1) is 22.2. The standard InChI is InChI=1S/C35H34N6O5/c1-21-28(35(44)41(26-17-37-38(2)19-26)24-8-10-27(42)11-9-24)13-31(39(21)3)29-14-32-33(46-20-45-32)15-30(29)34(43)40-18-23-7-5-4-6-22(23)12-25(40)16-36/h4-11,13-15,17,19,25,42H,12,16,18,20,36H2,1-3H3/t25-/m0/s1. The van der Waals surface area contributed by atoms with Crippen LogP contribution in [0.25, 0.3) is 11.3 Å². The molecule has 0 bridgehead atoms. The Morgan fingerprint density at radius 1 is 0.978 bits per heavy atom. The number of anilines is 2. The van der Waals surface area contributed by atoms with Crippen LogP contribution in [0.2, 0.25) is 0 Å². The Balaban J connectivity index is 1.33. The van der Waals surface area contributed by atoms with Crippen molar-refractivity contribution < 1.29 is 24.2 Å². The summed E-state index contributed by atoms with van der Waals surface area (Å²) in [5, 5.41) is 14.2. The van der Waals surface area contributed by atoms with E-state index in [-0.39, 0.29) is 30.4 Å². The van der Waals surface area contributed by atoms with Crippen LogP contribution in [0, 0.1) is 6.92 Å². The van der Waals surface area contributed by atoms with E-state index < -0.39 is 0 Å². The van der Waals surface area contributed by atoms with Gasteiger partial charge in [0, 0.05) is 62.1 Å². The third-order valence-electron chi connectivity index (χ3n) is 8.93. The van der Waals surface area contributed by atoms with E-state index in [2.05, 4.69) is 11.2 Å². The fourth-order valence-corrected chi connectivity index (χ4v) is 6.33. The summed E-state index contributed by atoms with van der Waals surface area (Å²) >= 11 is 0. The van der Waals surface area contributed by atoms with Gasteiger partial charge >= 0.3 is 0 Å². The van der Waals surface area contributed by atoms with Crippen molar-refractivity contribution in [1.29, 1.82) is 0 Å². The van der Waals surface area contributed by atoms with E-state index >= 15 is 0 Å². The minimum Gasteiger partial charge on any atom is -0.508 e. The molecule has 0 aliphatic carbocycles. The average molecular weight is 619 g/mol. The zero-order chi connectivity index (χ0) is 32.1. The third kappa shape index (κ3) is 4.94. The molecule has 11 nitrogen and oxygen atoms in total. The second-order valence-electron chi connectivity index (χ2n) is 11.7. The summed E-state index contributed by atoms with van der Waals surface area (Å²) in [6.07, 6.45) is 4.04. The Hall–Kier alpha value is -5.55. The highest BCUT2D eigenvalue weighted by Crippen LogP contribution is 2.41. The number of carbonyl (C=O) groups excluding carboxylic acids is 2. The lowest BCUT2D eigenvalue weighted by molar-refractivity contribution is 0.0648. The van der Waals surface area contributed by atoms with Gasteiger partial charge in [-0.2, -0.15) is 5.10 Å². The van der Waals surface area contributed by atoms with Gasteiger partial charge in [0.15, 0.2) is 11.5 Å². The second kappa shape index (κ2) is 11.4. The number of nitrogens with zero attached hydrogens (tertiary/aromatic N) is 5. The number of hydrogen-bond acceptors (Lipinski definition) is 7. The van der Waals surface area contributed by atoms with Crippen molar-refractivity contribution >= 4 is 23.2 Å². The first-order valence-electron chi connectivity index (χ1n) is 15.0. The molecule has 2 aliphatic heterocycles. The van der Waals surface area contributed by atoms with Crippen molar-refractivity contribution in [3.63, 3.8) is 0 Å². The summed E-state index contributed by atoms with van der Waals surface area (Å²) in [5.41, 5.74) is 12.5. The van der Waals surface area contributed by atoms with E-state index in [1.54, 1.807) is 47.2 Å². The lowest BCUT2D eigenvalue weighted by Crippen LogP contribution is -2.48. The zero-order valence-corrected chi connectivity index (χ0v) is 25.8. The third-order valence-corrected chi connectivity index (χ3v) is 8.93. The van der Waals surface area contributed by atoms with Crippen molar-refractivity contribution in [3.8, 4) is 28.5 Å². The molecule has 11 heteroatoms. The van der Waals surface area contributed by atoms with Gasteiger partial charge in [-0.15, -0.1) is 0 Å². The fourth-order valence-electron chi connectivity index (χ4n) is 6.33. The molecule has 3 N–H and O–H groups in total. The van der Waals surface area contributed by atoms with E-state index in [0.29, 0.717) is 70.5 Å². The summed E-state index contributed by atoms with van der Waals surface area (Å²) in [4.78, 5) is 32.3. The van der Waals surface area contributed by atoms with E-state index in [4.69, 9.17) is 15.2 Å². The number of rotatable bonds is 6. The highest BCUT2D eigenvalue weighted by molar-refractivity contribution is 6.12. The average Bonchev–Trinajstić information content (AvgIpc) is 3.79. The summed E-state index contributed by atoms with van der Waals surface area (Å²) in [7, 11) is 3.65. The molecule has 5 aromatic rings. The zero-order valence-electron chi connectivity index (χ0n) is 25.8. The van der Waals surface area contributed by atoms with Gasteiger partial charge in [-0.05, 0) is 66.9 Å². The van der Waals surface area contributed by atoms with Gasteiger partial charge in [0.2, 0.25) is 6.79 Å². The maximum absolute atomic E-state index is 14.5. The number of aromatic hydroxyl groups is 1. The monoisotopic (exact) mass is 618 g/mol. The smallest absolute Gasteiger partial charge is 0.264 e. The van der Waals surface area contributed by atoms with Crippen molar-refractivity contribution in [3.05, 3.63) is 107 Å². The normalized spacial score (nSPS) is 15.1. The number of fused-ring (bicyclic) bond motifs is 2. The molecule has 0 fully saturated rings. The maximum Gasteiger partial charge on any atom is 0.264 e. The summed E-state index contributed by atoms with van der Waals surface area (Å²) < 4.78 is 15.0. The number of phenols is 1. The lowest BCUT2D eigenvalue weighted by atomic mass is 9.92. The van der Waals surface area contributed by atoms with Crippen LogP contribution in [0.5, 0.6) is 17.2 Å². The molecule has 2 aromatic heterocycles. The first kappa shape index (κ1) is 29.2. The van der Waals surface area contributed by atoms with Crippen LogP contribution < -0.4 is 20.1 Å². The minimum absolute atomic E-state index is 0.0531. The number of benzene rings is 3. The van der Waals surface area contributed by atoms with Gasteiger partial charge in [-0.3, -0.25) is 19.2 Å². The molecule has 0 unspecified atom stereocenters. The van der Waals surface area contributed by atoms with Crippen molar-refractivity contribution in [1.82, 2.24) is 19.2 Å². The van der Waals surface area contributed by atoms with E-state index in [0.717, 1.165) is 5.56 Å². The van der Waals surface area contributed by atoms with E-state index in [9.17, 15) is 14.7 Å². The summed E-state index contributed by atoms with van der Waals surface area (Å²) in [6, 6.07) is 19.7. The minimum atomic E-state index is -0.289. The predicted molar refractivity (Wildman–Crippen MR) is 172 cm³/mol. The van der Waals surface area contributed by atoms with Crippen LogP contribution in [-0.2, 0) is 27.1 Å². The lowest BCUT2D eigenvalue weighted by Gasteiger charge is -2.37. The molecule has 7 rings (SSSR count). The Morgan fingerprint density at radius 2 is 1.70 bits per heavy atom. The number of aryl methyl sites for hydroxylation is 1. The number of amides is 2. The SMILES string of the molecule is Cc1c(C(=O)N(c2ccc(O)cc2)c2cnn(C)c2)cc(-c2cc3c(cc2C(=O)N2Cc4ccccc4C[C@H]2CN)OCO3)n1C. The number of hydrogen-bond donors (Lipinski definition) is 2. The van der Waals surface area contributed by atoms with Gasteiger partial charge in [0.25, 0.3) is 11.8 Å². The van der Waals surface area contributed by atoms with Crippen molar-refractivity contribution in [2.45, 2.75) is 25.9 Å². The molecular weight excluding hydrogens is 584 g/mol. The van der Waals surface area contributed by atoms with E-state index in [1.807, 2.05) is 53.8 Å². The molecule has 46 heavy (non-hydrogen) atoms. The largest absolute Gasteiger partial charge is 0.508 e. The molecule has 1 atom stereocenters. The van der Waals surface area contributed by atoms with E-state index in [1.165, 1.54) is 17.7 Å². The maximum atomic E-state index is 14.5. The Bertz CT molecular complexity index is 1980. The Labute approximate surface area is 266 Å². The summed E-state index contributed by atoms with van der Waals surface area (Å²) in [5.74, 6) is 0.646. The molecule has 4 heterocycles. The highest BCUT2D eigenvalue weighted by atomic mass is 16.7. The molecule has 0 spiro atoms. The second-order valence-corrected chi connectivity index (χ2v) is 11.7. The van der Waals surface area contributed by atoms with Crippen LogP contribution >= 0.6 is 0 Å². The number of phenolic OH excluding ortho intramolecular Hbond substituents is 1. The Morgan fingerprint density at radius 3 is 2.39 bits per heavy atom. The quantitative estimate of drug-likeness (QED) is 0.283. The summed E-state index contributed by atoms with van der Waals surface area (Å²) in [6.45, 7) is 2.68. The van der Waals surface area contributed by atoms with Gasteiger partial charge in [0.1, 0.15) is 5.75 Å². The Kier molecular flexibility index (Phi) is 7.25. The van der Waals surface area contributed by atoms with Gasteiger partial charge in [-0.25, -0.2) is 0 Å². The van der Waals surface area contributed by atoms with Gasteiger partial charge in [0.05, 0.1) is 23.0 Å². The van der Waals surface area contributed by atoms with Crippen LogP contribution in [0.3, 0.4) is 0 Å². The number of carbonyl (C=O) groups is 2. The highest BCUT2D eigenvalue weighted by Gasteiger charge is 2.34. The van der Waals surface area contributed by atoms with Crippen LogP contribution in [-0.4, -0.2) is 55.5 Å². The predicted octanol–water partition coefficient (Wildman–Crippen LogP) is 4.67. The molecular formula is C35H34N6O5. The van der Waals surface area contributed by atoms with Crippen LogP contribution in [0.4, 0.5) is 11.4 Å². The van der Waals surface area contributed by atoms with Gasteiger partial charge < -0.3 is 29.8 Å². The molecule has 3 aromatic carbocycles. The molecule has 0 saturated carbocycles. The number of aromatic nitrogens is 3. The first-order valence-corrected chi connectivity index (χ1v) is 15.0. The van der Waals surface area contributed by atoms with Crippen LogP contribution in [0.1, 0.15) is 37.5 Å². The van der Waals surface area contributed by atoms with Gasteiger partial charge in [-0.1, -0.05) is 24.3 Å². The molecule has 2 amide bonds. The molecule has 0 saturated heterocycles.